The molecule has 0 atom stereocenters. The van der Waals surface area contributed by atoms with Gasteiger partial charge in [0.2, 0.25) is 0 Å². The molecule has 0 fully saturated rings. The monoisotopic (exact) mass is 286 g/mol. The van der Waals surface area contributed by atoms with Gasteiger partial charge in [-0.2, -0.15) is 0 Å². The van der Waals surface area contributed by atoms with Gasteiger partial charge >= 0.3 is 0 Å². The van der Waals surface area contributed by atoms with Gasteiger partial charge in [-0.1, -0.05) is 54.6 Å². The van der Waals surface area contributed by atoms with E-state index in [1.165, 1.54) is 44.5 Å². The Hall–Kier alpha value is -2.34. The van der Waals surface area contributed by atoms with E-state index in [0.29, 0.717) is 0 Å². The quantitative estimate of drug-likeness (QED) is 0.522. The maximum Gasteiger partial charge on any atom is -0.0152 e. The van der Waals surface area contributed by atoms with Gasteiger partial charge in [0.25, 0.3) is 0 Å². The summed E-state index contributed by atoms with van der Waals surface area (Å²) in [5.41, 5.74) is 10.6. The maximum atomic E-state index is 2.30. The largest absolute Gasteiger partial charge is 0.0614 e. The Morgan fingerprint density at radius 2 is 1.18 bits per heavy atom. The molecule has 3 rings (SSSR count). The van der Waals surface area contributed by atoms with E-state index in [-0.39, 0.29) is 0 Å². The van der Waals surface area contributed by atoms with Crippen LogP contribution >= 0.6 is 0 Å². The van der Waals surface area contributed by atoms with Crippen LogP contribution in [0, 0.1) is 27.7 Å². The first-order valence-corrected chi connectivity index (χ1v) is 7.80. The number of hydrogen-bond donors (Lipinski definition) is 0. The molecule has 0 N–H and O–H groups in total. The minimum absolute atomic E-state index is 1.28. The first-order chi connectivity index (χ1) is 10.6. The van der Waals surface area contributed by atoms with E-state index >= 15 is 0 Å². The summed E-state index contributed by atoms with van der Waals surface area (Å²) < 4.78 is 0. The topological polar surface area (TPSA) is 0 Å². The molecule has 0 aliphatic carbocycles. The predicted molar refractivity (Wildman–Crippen MR) is 96.3 cm³/mol. The summed E-state index contributed by atoms with van der Waals surface area (Å²) in [6, 6.07) is 22.1. The minimum Gasteiger partial charge on any atom is -0.0614 e. The molecule has 3 aromatic carbocycles. The minimum atomic E-state index is 1.28. The lowest BCUT2D eigenvalue weighted by Gasteiger charge is -2.11. The second kappa shape index (κ2) is 5.81. The number of aryl methyl sites for hydroxylation is 3. The van der Waals surface area contributed by atoms with Crippen LogP contribution in [-0.2, 0) is 0 Å². The summed E-state index contributed by atoms with van der Waals surface area (Å²) in [4.78, 5) is 0. The van der Waals surface area contributed by atoms with E-state index in [2.05, 4.69) is 88.4 Å². The van der Waals surface area contributed by atoms with Gasteiger partial charge in [-0.05, 0) is 78.3 Å². The predicted octanol–water partition coefficient (Wildman–Crippen LogP) is 6.25. The molecule has 3 aromatic rings. The van der Waals surface area contributed by atoms with Crippen LogP contribution in [0.2, 0.25) is 0 Å². The van der Waals surface area contributed by atoms with Gasteiger partial charge in [0, 0.05) is 0 Å². The summed E-state index contributed by atoms with van der Waals surface area (Å²) in [5.74, 6) is 0. The van der Waals surface area contributed by atoms with Crippen molar-refractivity contribution in [2.24, 2.45) is 0 Å². The van der Waals surface area contributed by atoms with Crippen LogP contribution in [0.4, 0.5) is 0 Å². The fourth-order valence-electron chi connectivity index (χ4n) is 2.85. The van der Waals surface area contributed by atoms with Crippen LogP contribution < -0.4 is 0 Å². The van der Waals surface area contributed by atoms with Gasteiger partial charge in [-0.15, -0.1) is 0 Å². The van der Waals surface area contributed by atoms with Crippen LogP contribution in [0.15, 0.2) is 60.7 Å². The van der Waals surface area contributed by atoms with Crippen molar-refractivity contribution in [3.8, 4) is 22.3 Å². The van der Waals surface area contributed by atoms with Gasteiger partial charge in [-0.3, -0.25) is 0 Å². The fourth-order valence-corrected chi connectivity index (χ4v) is 2.85. The number of benzene rings is 3. The van der Waals surface area contributed by atoms with Gasteiger partial charge in [0.1, 0.15) is 0 Å². The van der Waals surface area contributed by atoms with E-state index in [1.807, 2.05) is 0 Å². The SMILES string of the molecule is Cc1ccc(-c2cccc(-c3cccc(C)c3C)c2)cc1C. The lowest BCUT2D eigenvalue weighted by molar-refractivity contribution is 1.33. The third-order valence-corrected chi connectivity index (χ3v) is 4.62. The van der Waals surface area contributed by atoms with Crippen molar-refractivity contribution in [1.29, 1.82) is 0 Å². The zero-order valence-corrected chi connectivity index (χ0v) is 13.8. The Bertz CT molecular complexity index is 825. The van der Waals surface area contributed by atoms with E-state index < -0.39 is 0 Å². The molecular weight excluding hydrogens is 264 g/mol. The summed E-state index contributed by atoms with van der Waals surface area (Å²) in [7, 11) is 0. The molecule has 0 heterocycles. The summed E-state index contributed by atoms with van der Waals surface area (Å²) in [6.07, 6.45) is 0. The Balaban J connectivity index is 2.10. The zero-order chi connectivity index (χ0) is 15.7. The van der Waals surface area contributed by atoms with Crippen molar-refractivity contribution in [1.82, 2.24) is 0 Å². The highest BCUT2D eigenvalue weighted by Crippen LogP contribution is 2.30. The van der Waals surface area contributed by atoms with Crippen molar-refractivity contribution < 1.29 is 0 Å². The van der Waals surface area contributed by atoms with Gasteiger partial charge in [-0.25, -0.2) is 0 Å². The Morgan fingerprint density at radius 3 is 1.95 bits per heavy atom. The smallest absolute Gasteiger partial charge is 0.0152 e. The Kier molecular flexibility index (Phi) is 3.85. The standard InChI is InChI=1S/C22H22/c1-15-11-12-20(13-17(15)3)19-8-6-9-21(14-19)22-10-5-7-16(2)18(22)4/h5-14H,1-4H3. The third-order valence-electron chi connectivity index (χ3n) is 4.62. The molecule has 0 spiro atoms. The molecule has 0 saturated heterocycles. The molecule has 0 bridgehead atoms. The van der Waals surface area contributed by atoms with E-state index in [4.69, 9.17) is 0 Å². The van der Waals surface area contributed by atoms with Crippen LogP contribution in [0.25, 0.3) is 22.3 Å². The van der Waals surface area contributed by atoms with Crippen LogP contribution in [-0.4, -0.2) is 0 Å². The molecule has 0 radical (unpaired) electrons. The normalized spacial score (nSPS) is 10.7. The molecule has 0 aliphatic heterocycles. The molecule has 0 heteroatoms. The molecule has 0 nitrogen and oxygen atoms in total. The van der Waals surface area contributed by atoms with Crippen molar-refractivity contribution >= 4 is 0 Å². The first-order valence-electron chi connectivity index (χ1n) is 7.80. The molecule has 0 aromatic heterocycles. The lowest BCUT2D eigenvalue weighted by atomic mass is 9.93. The van der Waals surface area contributed by atoms with E-state index in [0.717, 1.165) is 0 Å². The Morgan fingerprint density at radius 1 is 0.500 bits per heavy atom. The molecule has 0 amide bonds. The molecule has 0 saturated carbocycles. The number of hydrogen-bond acceptors (Lipinski definition) is 0. The second-order valence-electron chi connectivity index (χ2n) is 6.13. The summed E-state index contributed by atoms with van der Waals surface area (Å²) >= 11 is 0. The van der Waals surface area contributed by atoms with Gasteiger partial charge < -0.3 is 0 Å². The summed E-state index contributed by atoms with van der Waals surface area (Å²) in [6.45, 7) is 8.71. The highest BCUT2D eigenvalue weighted by Gasteiger charge is 2.06. The van der Waals surface area contributed by atoms with Crippen LogP contribution in [0.1, 0.15) is 22.3 Å². The first kappa shape index (κ1) is 14.6. The molecule has 22 heavy (non-hydrogen) atoms. The fraction of sp³-hybridized carbons (Fsp3) is 0.182. The van der Waals surface area contributed by atoms with Crippen molar-refractivity contribution in [3.63, 3.8) is 0 Å². The highest BCUT2D eigenvalue weighted by atomic mass is 14.1. The van der Waals surface area contributed by atoms with Crippen molar-refractivity contribution in [2.45, 2.75) is 27.7 Å². The van der Waals surface area contributed by atoms with Crippen molar-refractivity contribution in [3.05, 3.63) is 82.9 Å². The number of rotatable bonds is 2. The van der Waals surface area contributed by atoms with Crippen LogP contribution in [0.5, 0.6) is 0 Å². The third kappa shape index (κ3) is 2.69. The molecule has 110 valence electrons. The molecular formula is C22H22. The average Bonchev–Trinajstić information content (AvgIpc) is 2.53. The van der Waals surface area contributed by atoms with Crippen LogP contribution in [0.3, 0.4) is 0 Å². The van der Waals surface area contributed by atoms with Gasteiger partial charge in [0.15, 0.2) is 0 Å². The molecule has 0 unspecified atom stereocenters. The molecule has 0 aliphatic rings. The second-order valence-corrected chi connectivity index (χ2v) is 6.13. The lowest BCUT2D eigenvalue weighted by Crippen LogP contribution is -1.88. The van der Waals surface area contributed by atoms with E-state index in [1.54, 1.807) is 0 Å². The highest BCUT2D eigenvalue weighted by molar-refractivity contribution is 5.75. The van der Waals surface area contributed by atoms with Crippen molar-refractivity contribution in [2.75, 3.05) is 0 Å². The summed E-state index contributed by atoms with van der Waals surface area (Å²) in [5, 5.41) is 0. The Labute approximate surface area is 133 Å². The van der Waals surface area contributed by atoms with E-state index in [9.17, 15) is 0 Å². The average molecular weight is 286 g/mol. The maximum absolute atomic E-state index is 2.30. The van der Waals surface area contributed by atoms with Gasteiger partial charge in [0.05, 0.1) is 0 Å². The zero-order valence-electron chi connectivity index (χ0n) is 13.8.